The predicted molar refractivity (Wildman–Crippen MR) is 93.0 cm³/mol. The Hall–Kier alpha value is -1.31. The average molecular weight is 393 g/mol. The zero-order valence-corrected chi connectivity index (χ0v) is 15.2. The van der Waals surface area contributed by atoms with Crippen molar-refractivity contribution in [1.82, 2.24) is 10.6 Å². The molecule has 2 amide bonds. The maximum Gasteiger partial charge on any atom is 0.239 e. The molecule has 2 N–H and O–H groups in total. The smallest absolute Gasteiger partial charge is 0.239 e. The molecule has 1 heterocycles. The second kappa shape index (κ2) is 8.18. The number of nitrogens with one attached hydrogen (secondary N) is 2. The van der Waals surface area contributed by atoms with Crippen LogP contribution in [0.1, 0.15) is 18.4 Å². The van der Waals surface area contributed by atoms with E-state index in [1.165, 1.54) is 0 Å². The van der Waals surface area contributed by atoms with Crippen molar-refractivity contribution in [3.8, 4) is 0 Å². The van der Waals surface area contributed by atoms with Crippen molar-refractivity contribution in [3.05, 3.63) is 33.8 Å². The van der Waals surface area contributed by atoms with Gasteiger partial charge in [-0.15, -0.1) is 0 Å². The Bertz CT molecular complexity index is 737. The third kappa shape index (κ3) is 5.96. The van der Waals surface area contributed by atoms with Gasteiger partial charge in [-0.05, 0) is 30.5 Å². The molecule has 1 unspecified atom stereocenters. The lowest BCUT2D eigenvalue weighted by atomic mass is 10.1. The molecule has 9 heteroatoms. The van der Waals surface area contributed by atoms with Gasteiger partial charge in [0, 0.05) is 12.5 Å². The Labute approximate surface area is 150 Å². The Morgan fingerprint density at radius 1 is 1.17 bits per heavy atom. The lowest BCUT2D eigenvalue weighted by molar-refractivity contribution is -0.126. The molecule has 1 fully saturated rings. The highest BCUT2D eigenvalue weighted by molar-refractivity contribution is 7.91. The summed E-state index contributed by atoms with van der Waals surface area (Å²) in [5, 5.41) is 6.01. The van der Waals surface area contributed by atoms with Crippen LogP contribution in [-0.2, 0) is 25.8 Å². The standard InChI is InChI=1S/C15H18Cl2N2O4S/c16-12-3-1-10(7-13(12)17)2-4-14(20)18-8-15(21)19-11-5-6-24(22,23)9-11/h1,3,7,11H,2,4-6,8-9H2,(H,18,20)(H,19,21). The summed E-state index contributed by atoms with van der Waals surface area (Å²) in [4.78, 5) is 23.5. The molecule has 1 aromatic rings. The van der Waals surface area contributed by atoms with Crippen molar-refractivity contribution in [2.45, 2.75) is 25.3 Å². The van der Waals surface area contributed by atoms with Gasteiger partial charge in [0.1, 0.15) is 0 Å². The largest absolute Gasteiger partial charge is 0.351 e. The van der Waals surface area contributed by atoms with E-state index in [9.17, 15) is 18.0 Å². The quantitative estimate of drug-likeness (QED) is 0.763. The van der Waals surface area contributed by atoms with E-state index < -0.39 is 9.84 Å². The van der Waals surface area contributed by atoms with Crippen LogP contribution in [0.2, 0.25) is 10.0 Å². The van der Waals surface area contributed by atoms with Gasteiger partial charge < -0.3 is 10.6 Å². The average Bonchev–Trinajstić information content (AvgIpc) is 2.85. The van der Waals surface area contributed by atoms with E-state index in [-0.39, 0.29) is 42.3 Å². The summed E-state index contributed by atoms with van der Waals surface area (Å²) in [5.41, 5.74) is 0.875. The molecule has 1 aliphatic heterocycles. The minimum atomic E-state index is -3.04. The van der Waals surface area contributed by atoms with Crippen LogP contribution < -0.4 is 10.6 Å². The van der Waals surface area contributed by atoms with Gasteiger partial charge >= 0.3 is 0 Å². The molecule has 24 heavy (non-hydrogen) atoms. The second-order valence-corrected chi connectivity index (χ2v) is 8.74. The molecule has 0 saturated carbocycles. The summed E-state index contributed by atoms with van der Waals surface area (Å²) in [5.74, 6) is -0.604. The molecule has 1 aliphatic rings. The lowest BCUT2D eigenvalue weighted by Crippen LogP contribution is -2.42. The van der Waals surface area contributed by atoms with Crippen LogP contribution in [0.4, 0.5) is 0 Å². The first kappa shape index (κ1) is 19.0. The normalized spacial score (nSPS) is 19.0. The number of sulfone groups is 1. The van der Waals surface area contributed by atoms with Gasteiger partial charge in [-0.3, -0.25) is 9.59 Å². The van der Waals surface area contributed by atoms with E-state index in [1.54, 1.807) is 18.2 Å². The molecule has 0 bridgehead atoms. The Balaban J connectivity index is 1.69. The number of rotatable bonds is 6. The second-order valence-electron chi connectivity index (χ2n) is 5.69. The van der Waals surface area contributed by atoms with Crippen LogP contribution in [0.5, 0.6) is 0 Å². The van der Waals surface area contributed by atoms with Crippen molar-refractivity contribution in [3.63, 3.8) is 0 Å². The number of benzene rings is 1. The fourth-order valence-electron chi connectivity index (χ4n) is 2.41. The molecule has 1 aromatic carbocycles. The number of carbonyl (C=O) groups excluding carboxylic acids is 2. The van der Waals surface area contributed by atoms with E-state index in [1.807, 2.05) is 0 Å². The molecule has 6 nitrogen and oxygen atoms in total. The van der Waals surface area contributed by atoms with E-state index in [2.05, 4.69) is 10.6 Å². The summed E-state index contributed by atoms with van der Waals surface area (Å²) < 4.78 is 22.6. The number of amides is 2. The zero-order valence-electron chi connectivity index (χ0n) is 12.8. The maximum atomic E-state index is 11.8. The molecule has 0 spiro atoms. The summed E-state index contributed by atoms with van der Waals surface area (Å²) in [6.45, 7) is -0.170. The third-order valence-electron chi connectivity index (χ3n) is 3.67. The van der Waals surface area contributed by atoms with E-state index in [0.717, 1.165) is 5.56 Å². The molecule has 2 rings (SSSR count). The topological polar surface area (TPSA) is 92.3 Å². The fourth-order valence-corrected chi connectivity index (χ4v) is 4.40. The molecular weight excluding hydrogens is 375 g/mol. The van der Waals surface area contributed by atoms with Crippen LogP contribution in [0.3, 0.4) is 0 Å². The highest BCUT2D eigenvalue weighted by atomic mass is 35.5. The van der Waals surface area contributed by atoms with Crippen LogP contribution in [0, 0.1) is 0 Å². The first-order valence-electron chi connectivity index (χ1n) is 7.45. The number of carbonyl (C=O) groups is 2. The van der Waals surface area contributed by atoms with Crippen molar-refractivity contribution in [1.29, 1.82) is 0 Å². The van der Waals surface area contributed by atoms with Gasteiger partial charge in [0.15, 0.2) is 9.84 Å². The molecule has 132 valence electrons. The zero-order chi connectivity index (χ0) is 17.7. The van der Waals surface area contributed by atoms with Gasteiger partial charge in [0.05, 0.1) is 28.1 Å². The number of hydrogen-bond acceptors (Lipinski definition) is 4. The summed E-state index contributed by atoms with van der Waals surface area (Å²) in [6, 6.07) is 4.79. The Morgan fingerprint density at radius 3 is 2.54 bits per heavy atom. The molecule has 1 atom stereocenters. The van der Waals surface area contributed by atoms with Gasteiger partial charge in [-0.25, -0.2) is 8.42 Å². The molecular formula is C15H18Cl2N2O4S. The SMILES string of the molecule is O=C(CCc1ccc(Cl)c(Cl)c1)NCC(=O)NC1CCS(=O)(=O)C1. The van der Waals surface area contributed by atoms with Gasteiger partial charge in [-0.1, -0.05) is 29.3 Å². The van der Waals surface area contributed by atoms with Gasteiger partial charge in [-0.2, -0.15) is 0 Å². The number of halogens is 2. The molecule has 1 saturated heterocycles. The number of aryl methyl sites for hydroxylation is 1. The van der Waals surface area contributed by atoms with Crippen molar-refractivity contribution in [2.24, 2.45) is 0 Å². The first-order chi connectivity index (χ1) is 11.2. The predicted octanol–water partition coefficient (Wildman–Crippen LogP) is 1.35. The summed E-state index contributed by atoms with van der Waals surface area (Å²) in [7, 11) is -3.04. The maximum absolute atomic E-state index is 11.8. The Kier molecular flexibility index (Phi) is 6.48. The molecule has 0 radical (unpaired) electrons. The summed E-state index contributed by atoms with van der Waals surface area (Å²) in [6.07, 6.45) is 1.10. The van der Waals surface area contributed by atoms with E-state index >= 15 is 0 Å². The Morgan fingerprint density at radius 2 is 1.92 bits per heavy atom. The van der Waals surface area contributed by atoms with Crippen LogP contribution in [-0.4, -0.2) is 44.3 Å². The van der Waals surface area contributed by atoms with E-state index in [4.69, 9.17) is 23.2 Å². The van der Waals surface area contributed by atoms with E-state index in [0.29, 0.717) is 22.9 Å². The molecule has 0 aliphatic carbocycles. The summed E-state index contributed by atoms with van der Waals surface area (Å²) >= 11 is 11.7. The number of hydrogen-bond donors (Lipinski definition) is 2. The highest BCUT2D eigenvalue weighted by Gasteiger charge is 2.28. The van der Waals surface area contributed by atoms with Crippen LogP contribution in [0.15, 0.2) is 18.2 Å². The molecule has 0 aromatic heterocycles. The fraction of sp³-hybridized carbons (Fsp3) is 0.467. The van der Waals surface area contributed by atoms with Crippen LogP contribution >= 0.6 is 23.2 Å². The minimum Gasteiger partial charge on any atom is -0.351 e. The lowest BCUT2D eigenvalue weighted by Gasteiger charge is -2.11. The third-order valence-corrected chi connectivity index (χ3v) is 6.18. The highest BCUT2D eigenvalue weighted by Crippen LogP contribution is 2.23. The van der Waals surface area contributed by atoms with Crippen molar-refractivity contribution >= 4 is 44.9 Å². The monoisotopic (exact) mass is 392 g/mol. The minimum absolute atomic E-state index is 0.0377. The van der Waals surface area contributed by atoms with Crippen LogP contribution in [0.25, 0.3) is 0 Å². The van der Waals surface area contributed by atoms with Crippen molar-refractivity contribution < 1.29 is 18.0 Å². The first-order valence-corrected chi connectivity index (χ1v) is 10.0. The van der Waals surface area contributed by atoms with Gasteiger partial charge in [0.25, 0.3) is 0 Å². The van der Waals surface area contributed by atoms with Crippen molar-refractivity contribution in [2.75, 3.05) is 18.1 Å². The van der Waals surface area contributed by atoms with Gasteiger partial charge in [0.2, 0.25) is 11.8 Å².